The number of rotatable bonds is 8. The predicted molar refractivity (Wildman–Crippen MR) is 132 cm³/mol. The number of urea groups is 1. The van der Waals surface area contributed by atoms with Gasteiger partial charge in [0, 0.05) is 31.3 Å². The van der Waals surface area contributed by atoms with Crippen molar-refractivity contribution in [2.45, 2.75) is 13.5 Å². The normalized spacial score (nSPS) is 10.8. The topological polar surface area (TPSA) is 72.0 Å². The van der Waals surface area contributed by atoms with Gasteiger partial charge in [-0.2, -0.15) is 5.10 Å². The van der Waals surface area contributed by atoms with Crippen molar-refractivity contribution in [2.75, 3.05) is 11.9 Å². The van der Waals surface area contributed by atoms with E-state index < -0.39 is 6.03 Å². The first-order chi connectivity index (χ1) is 15.5. The first kappa shape index (κ1) is 23.9. The maximum Gasteiger partial charge on any atom is 0.339 e. The average molecular weight is 537 g/mol. The van der Waals surface area contributed by atoms with Gasteiger partial charge in [0.25, 0.3) is 0 Å². The number of anilines is 1. The van der Waals surface area contributed by atoms with Gasteiger partial charge in [-0.15, -0.1) is 0 Å². The molecule has 0 aliphatic rings. The number of carbonyl (C=O) groups is 1. The number of benzene rings is 3. The predicted octanol–water partition coefficient (Wildman–Crippen LogP) is 6.89. The molecular weight excluding hydrogens is 517 g/mol. The van der Waals surface area contributed by atoms with Crippen molar-refractivity contribution >= 4 is 57.1 Å². The molecule has 0 heterocycles. The summed E-state index contributed by atoms with van der Waals surface area (Å²) in [6.45, 7) is 2.58. The Balaban J connectivity index is 1.68. The van der Waals surface area contributed by atoms with Crippen LogP contribution in [0.2, 0.25) is 10.0 Å². The van der Waals surface area contributed by atoms with Crippen molar-refractivity contribution in [1.82, 2.24) is 5.43 Å². The van der Waals surface area contributed by atoms with Crippen LogP contribution in [0, 0.1) is 0 Å². The second kappa shape index (κ2) is 11.8. The maximum absolute atomic E-state index is 12.0. The van der Waals surface area contributed by atoms with E-state index in [0.717, 1.165) is 5.56 Å². The number of para-hydroxylation sites is 1. The summed E-state index contributed by atoms with van der Waals surface area (Å²) in [5.41, 5.74) is 4.60. The van der Waals surface area contributed by atoms with Crippen LogP contribution >= 0.6 is 39.1 Å². The number of hydrogen-bond acceptors (Lipinski definition) is 4. The molecule has 9 heteroatoms. The molecule has 0 fully saturated rings. The van der Waals surface area contributed by atoms with E-state index in [2.05, 4.69) is 31.8 Å². The highest BCUT2D eigenvalue weighted by molar-refractivity contribution is 9.10. The van der Waals surface area contributed by atoms with E-state index >= 15 is 0 Å². The summed E-state index contributed by atoms with van der Waals surface area (Å²) in [4.78, 5) is 12.0. The molecule has 0 aliphatic heterocycles. The lowest BCUT2D eigenvalue weighted by Crippen LogP contribution is -2.24. The van der Waals surface area contributed by atoms with Crippen molar-refractivity contribution in [3.05, 3.63) is 86.3 Å². The molecule has 0 saturated carbocycles. The molecule has 3 aromatic carbocycles. The van der Waals surface area contributed by atoms with Gasteiger partial charge in [0.15, 0.2) is 11.5 Å². The molecule has 0 atom stereocenters. The Labute approximate surface area is 204 Å². The standard InChI is InChI=1S/C23H20BrCl2N3O3/c1-2-31-21-10-16(13-27-29-23(30)28-18-6-4-3-5-7-18)19(24)12-22(21)32-14-15-8-9-17(25)11-20(15)26/h3-13H,2,14H2,1H3,(H2,28,29,30)/b27-13-. The minimum atomic E-state index is -0.451. The SMILES string of the molecule is CCOc1cc(/C=N\NC(=O)Nc2ccccc2)c(Br)cc1OCc1ccc(Cl)cc1Cl. The largest absolute Gasteiger partial charge is 0.490 e. The molecule has 0 saturated heterocycles. The molecule has 32 heavy (non-hydrogen) atoms. The summed E-state index contributed by atoms with van der Waals surface area (Å²) in [6.07, 6.45) is 1.51. The molecule has 0 unspecified atom stereocenters. The number of ether oxygens (including phenoxy) is 2. The van der Waals surface area contributed by atoms with Crippen molar-refractivity contribution < 1.29 is 14.3 Å². The Morgan fingerprint density at radius 2 is 1.81 bits per heavy atom. The van der Waals surface area contributed by atoms with Crippen LogP contribution in [0.15, 0.2) is 70.2 Å². The Bertz CT molecular complexity index is 1110. The Kier molecular flexibility index (Phi) is 8.79. The first-order valence-corrected chi connectivity index (χ1v) is 11.2. The second-order valence-electron chi connectivity index (χ2n) is 6.47. The van der Waals surface area contributed by atoms with Crippen LogP contribution in [0.3, 0.4) is 0 Å². The van der Waals surface area contributed by atoms with E-state index in [4.69, 9.17) is 32.7 Å². The number of halogens is 3. The van der Waals surface area contributed by atoms with Gasteiger partial charge in [-0.05, 0) is 59.3 Å². The van der Waals surface area contributed by atoms with Crippen LogP contribution in [0.5, 0.6) is 11.5 Å². The van der Waals surface area contributed by atoms with E-state index in [-0.39, 0.29) is 6.61 Å². The fourth-order valence-electron chi connectivity index (χ4n) is 2.67. The number of nitrogens with zero attached hydrogens (tertiary/aromatic N) is 1. The van der Waals surface area contributed by atoms with E-state index in [0.29, 0.717) is 43.9 Å². The van der Waals surface area contributed by atoms with Gasteiger partial charge in [-0.3, -0.25) is 0 Å². The van der Waals surface area contributed by atoms with Gasteiger partial charge in [0.2, 0.25) is 0 Å². The molecule has 3 aromatic rings. The Morgan fingerprint density at radius 1 is 1.06 bits per heavy atom. The summed E-state index contributed by atoms with van der Waals surface area (Å²) in [6, 6.07) is 17.4. The van der Waals surface area contributed by atoms with Gasteiger partial charge in [0.05, 0.1) is 12.8 Å². The zero-order chi connectivity index (χ0) is 22.9. The monoisotopic (exact) mass is 535 g/mol. The Morgan fingerprint density at radius 3 is 2.53 bits per heavy atom. The minimum Gasteiger partial charge on any atom is -0.490 e. The van der Waals surface area contributed by atoms with Crippen LogP contribution in [-0.2, 0) is 6.61 Å². The first-order valence-electron chi connectivity index (χ1n) is 9.64. The molecule has 2 amide bonds. The van der Waals surface area contributed by atoms with Gasteiger partial charge >= 0.3 is 6.03 Å². The summed E-state index contributed by atoms with van der Waals surface area (Å²) in [7, 11) is 0. The summed E-state index contributed by atoms with van der Waals surface area (Å²) in [5, 5.41) is 7.77. The van der Waals surface area contributed by atoms with E-state index in [1.165, 1.54) is 6.21 Å². The molecule has 166 valence electrons. The fourth-order valence-corrected chi connectivity index (χ4v) is 3.55. The zero-order valence-electron chi connectivity index (χ0n) is 17.1. The number of hydrazone groups is 1. The van der Waals surface area contributed by atoms with Gasteiger partial charge in [-0.25, -0.2) is 10.2 Å². The quantitative estimate of drug-likeness (QED) is 0.243. The lowest BCUT2D eigenvalue weighted by molar-refractivity contribution is 0.252. The highest BCUT2D eigenvalue weighted by Gasteiger charge is 2.12. The number of carbonyl (C=O) groups excluding carboxylic acids is 1. The van der Waals surface area contributed by atoms with Crippen molar-refractivity contribution in [2.24, 2.45) is 5.10 Å². The van der Waals surface area contributed by atoms with E-state index in [1.807, 2.05) is 31.2 Å². The minimum absolute atomic E-state index is 0.247. The van der Waals surface area contributed by atoms with Crippen LogP contribution in [0.4, 0.5) is 10.5 Å². The molecule has 0 bridgehead atoms. The van der Waals surface area contributed by atoms with Crippen molar-refractivity contribution in [1.29, 1.82) is 0 Å². The van der Waals surface area contributed by atoms with Crippen molar-refractivity contribution in [3.8, 4) is 11.5 Å². The summed E-state index contributed by atoms with van der Waals surface area (Å²) < 4.78 is 12.4. The molecule has 2 N–H and O–H groups in total. The molecule has 0 radical (unpaired) electrons. The average Bonchev–Trinajstić information content (AvgIpc) is 2.76. The zero-order valence-corrected chi connectivity index (χ0v) is 20.2. The lowest BCUT2D eigenvalue weighted by Gasteiger charge is -2.14. The molecule has 6 nitrogen and oxygen atoms in total. The fraction of sp³-hybridized carbons (Fsp3) is 0.130. The van der Waals surface area contributed by atoms with E-state index in [1.54, 1.807) is 36.4 Å². The lowest BCUT2D eigenvalue weighted by atomic mass is 10.2. The smallest absolute Gasteiger partial charge is 0.339 e. The van der Waals surface area contributed by atoms with Crippen LogP contribution < -0.4 is 20.2 Å². The van der Waals surface area contributed by atoms with E-state index in [9.17, 15) is 4.79 Å². The molecule has 0 aliphatic carbocycles. The van der Waals surface area contributed by atoms with Gasteiger partial charge in [0.1, 0.15) is 6.61 Å². The number of nitrogens with one attached hydrogen (secondary N) is 2. The summed E-state index contributed by atoms with van der Waals surface area (Å²) >= 11 is 15.7. The number of hydrogen-bond donors (Lipinski definition) is 2. The second-order valence-corrected chi connectivity index (χ2v) is 8.17. The maximum atomic E-state index is 12.0. The third kappa shape index (κ3) is 6.88. The molecule has 0 aromatic heterocycles. The summed E-state index contributed by atoms with van der Waals surface area (Å²) in [5.74, 6) is 1.08. The van der Waals surface area contributed by atoms with Gasteiger partial charge in [-0.1, -0.05) is 47.5 Å². The third-order valence-electron chi connectivity index (χ3n) is 4.16. The van der Waals surface area contributed by atoms with Crippen LogP contribution in [-0.4, -0.2) is 18.9 Å². The molecule has 3 rings (SSSR count). The van der Waals surface area contributed by atoms with Gasteiger partial charge < -0.3 is 14.8 Å². The highest BCUT2D eigenvalue weighted by Crippen LogP contribution is 2.34. The number of amides is 2. The van der Waals surface area contributed by atoms with Crippen molar-refractivity contribution in [3.63, 3.8) is 0 Å². The van der Waals surface area contributed by atoms with Crippen LogP contribution in [0.25, 0.3) is 0 Å². The van der Waals surface area contributed by atoms with Crippen LogP contribution in [0.1, 0.15) is 18.1 Å². The Hall–Kier alpha value is -2.74. The molecule has 0 spiro atoms. The molecular formula is C23H20BrCl2N3O3. The highest BCUT2D eigenvalue weighted by atomic mass is 79.9. The third-order valence-corrected chi connectivity index (χ3v) is 5.44.